The Hall–Kier alpha value is -3.16. The van der Waals surface area contributed by atoms with Crippen molar-refractivity contribution in [1.29, 1.82) is 0 Å². The Bertz CT molecular complexity index is 1790. The fourth-order valence-electron chi connectivity index (χ4n) is 5.83. The number of rotatable bonds is 7. The minimum atomic E-state index is -0.128. The van der Waals surface area contributed by atoms with Gasteiger partial charge in [0.15, 0.2) is 0 Å². The predicted octanol–water partition coefficient (Wildman–Crippen LogP) is 6.09. The first kappa shape index (κ1) is 28.6. The van der Waals surface area contributed by atoms with Gasteiger partial charge in [-0.05, 0) is 56.5 Å². The maximum atomic E-state index is 14.1. The maximum absolute atomic E-state index is 14.1. The van der Waals surface area contributed by atoms with Gasteiger partial charge in [0, 0.05) is 64.3 Å². The summed E-state index contributed by atoms with van der Waals surface area (Å²) in [6.07, 6.45) is 3.72. The van der Waals surface area contributed by atoms with E-state index in [1.807, 2.05) is 30.3 Å². The molecule has 0 bridgehead atoms. The molecule has 2 saturated heterocycles. The molecular weight excluding hydrogens is 599 g/mol. The number of nitrogens with zero attached hydrogens (tertiary/aromatic N) is 6. The monoisotopic (exact) mass is 631 g/mol. The zero-order chi connectivity index (χ0) is 29.3. The van der Waals surface area contributed by atoms with Gasteiger partial charge in [-0.1, -0.05) is 12.1 Å². The molecule has 5 aromatic rings. The van der Waals surface area contributed by atoms with Crippen LogP contribution in [0.1, 0.15) is 45.0 Å². The number of benzene rings is 1. The topological polar surface area (TPSA) is 98.1 Å². The first-order chi connectivity index (χ1) is 21.0. The molecule has 6 heterocycles. The number of fused-ring (bicyclic) bond motifs is 1. The Balaban J connectivity index is 1.24. The van der Waals surface area contributed by atoms with Crippen LogP contribution in [-0.4, -0.2) is 68.5 Å². The van der Waals surface area contributed by atoms with Crippen LogP contribution in [0.3, 0.4) is 0 Å². The number of pyridine rings is 1. The smallest absolute Gasteiger partial charge is 0.262 e. The molecule has 222 valence electrons. The average Bonchev–Trinajstić information content (AvgIpc) is 3.68. The van der Waals surface area contributed by atoms with Gasteiger partial charge in [0.2, 0.25) is 5.95 Å². The molecule has 7 rings (SSSR count). The lowest BCUT2D eigenvalue weighted by Gasteiger charge is -2.29. The van der Waals surface area contributed by atoms with Crippen LogP contribution in [0.15, 0.2) is 52.3 Å². The summed E-state index contributed by atoms with van der Waals surface area (Å²) >= 11 is 5.21. The number of thioether (sulfide) groups is 1. The summed E-state index contributed by atoms with van der Waals surface area (Å²) in [5.41, 5.74) is 8.52. The molecule has 1 N–H and O–H groups in total. The van der Waals surface area contributed by atoms with Gasteiger partial charge in [0.1, 0.15) is 5.65 Å². The molecule has 0 aliphatic carbocycles. The SMILES string of the molecule is Cc1scnc1-c1cc2cnc(Nc3ccc(C4CN(C)CCS4)cc3)nc2n(Cc2ncsc2C2CCOCC2)c1=O. The second-order valence-corrected chi connectivity index (χ2v) is 14.4. The second-order valence-electron chi connectivity index (χ2n) is 11.1. The van der Waals surface area contributed by atoms with Gasteiger partial charge in [-0.15, -0.1) is 22.7 Å². The summed E-state index contributed by atoms with van der Waals surface area (Å²) in [5, 5.41) is 4.62. The third kappa shape index (κ3) is 5.99. The molecular formula is C31H33N7O2S3. The minimum Gasteiger partial charge on any atom is -0.381 e. The highest BCUT2D eigenvalue weighted by atomic mass is 32.2. The van der Waals surface area contributed by atoms with Gasteiger partial charge >= 0.3 is 0 Å². The van der Waals surface area contributed by atoms with E-state index in [2.05, 4.69) is 51.5 Å². The number of hydrogen-bond acceptors (Lipinski definition) is 11. The number of anilines is 2. The molecule has 0 radical (unpaired) electrons. The molecule has 0 amide bonds. The Morgan fingerprint density at radius 1 is 1.07 bits per heavy atom. The average molecular weight is 632 g/mol. The molecule has 2 fully saturated rings. The van der Waals surface area contributed by atoms with E-state index in [0.717, 1.165) is 66.5 Å². The van der Waals surface area contributed by atoms with Crippen molar-refractivity contribution in [2.75, 3.05) is 44.4 Å². The fourth-order valence-corrected chi connectivity index (χ4v) is 8.80. The first-order valence-corrected chi connectivity index (χ1v) is 17.3. The van der Waals surface area contributed by atoms with Crippen molar-refractivity contribution in [3.63, 3.8) is 0 Å². The maximum Gasteiger partial charge on any atom is 0.262 e. The number of nitrogens with one attached hydrogen (secondary N) is 1. The van der Waals surface area contributed by atoms with Crippen LogP contribution in [0.2, 0.25) is 0 Å². The Labute approximate surface area is 262 Å². The van der Waals surface area contributed by atoms with Crippen LogP contribution in [0.4, 0.5) is 11.6 Å². The molecule has 12 heteroatoms. The van der Waals surface area contributed by atoms with Crippen molar-refractivity contribution in [1.82, 2.24) is 29.4 Å². The summed E-state index contributed by atoms with van der Waals surface area (Å²) in [6.45, 7) is 6.02. The molecule has 9 nitrogen and oxygen atoms in total. The fraction of sp³-hybridized carbons (Fsp3) is 0.387. The summed E-state index contributed by atoms with van der Waals surface area (Å²) < 4.78 is 7.34. The van der Waals surface area contributed by atoms with Crippen molar-refractivity contribution in [2.45, 2.75) is 37.5 Å². The van der Waals surface area contributed by atoms with Crippen molar-refractivity contribution in [3.8, 4) is 11.3 Å². The lowest BCUT2D eigenvalue weighted by molar-refractivity contribution is 0.0858. The van der Waals surface area contributed by atoms with Gasteiger partial charge in [-0.25, -0.2) is 15.0 Å². The molecule has 0 spiro atoms. The van der Waals surface area contributed by atoms with Gasteiger partial charge in [-0.3, -0.25) is 9.36 Å². The number of ether oxygens (including phenoxy) is 1. The summed E-state index contributed by atoms with van der Waals surface area (Å²) in [4.78, 5) is 37.5. The highest BCUT2D eigenvalue weighted by Gasteiger charge is 2.24. The normalized spacial score (nSPS) is 18.3. The van der Waals surface area contributed by atoms with E-state index >= 15 is 0 Å². The molecule has 0 saturated carbocycles. The molecule has 2 aliphatic rings. The third-order valence-electron chi connectivity index (χ3n) is 8.21. The third-order valence-corrected chi connectivity index (χ3v) is 11.2. The summed E-state index contributed by atoms with van der Waals surface area (Å²) in [6, 6.07) is 10.4. The summed E-state index contributed by atoms with van der Waals surface area (Å²) in [7, 11) is 2.18. The molecule has 1 atom stereocenters. The second kappa shape index (κ2) is 12.4. The Kier molecular flexibility index (Phi) is 8.28. The van der Waals surface area contributed by atoms with Gasteiger partial charge in [0.25, 0.3) is 5.56 Å². The van der Waals surface area contributed by atoms with Crippen molar-refractivity contribution in [3.05, 3.63) is 78.9 Å². The molecule has 43 heavy (non-hydrogen) atoms. The lowest BCUT2D eigenvalue weighted by Crippen LogP contribution is -2.30. The Morgan fingerprint density at radius 2 is 1.88 bits per heavy atom. The van der Waals surface area contributed by atoms with Crippen molar-refractivity contribution >= 4 is 57.1 Å². The van der Waals surface area contributed by atoms with E-state index in [4.69, 9.17) is 14.7 Å². The van der Waals surface area contributed by atoms with Crippen LogP contribution in [0, 0.1) is 6.92 Å². The number of likely N-dealkylation sites (N-methyl/N-ethyl adjacent to an activating group) is 1. The number of aromatic nitrogens is 5. The first-order valence-electron chi connectivity index (χ1n) is 14.5. The predicted molar refractivity (Wildman–Crippen MR) is 176 cm³/mol. The standard InChI is InChI=1S/C31H33N7O2S3/c1-19-27(34-18-42-19)24-13-22-14-32-31(35-23-5-3-20(4-6-23)26-16-37(2)9-12-41-26)36-29(22)38(30(24)39)15-25-28(43-17-33-25)21-7-10-40-11-8-21/h3-6,13-14,17-18,21,26H,7-12,15-16H2,1-2H3,(H,32,35,36). The van der Waals surface area contributed by atoms with Crippen molar-refractivity contribution < 1.29 is 4.74 Å². The van der Waals surface area contributed by atoms with E-state index in [1.54, 1.807) is 27.6 Å². The lowest BCUT2D eigenvalue weighted by atomic mass is 9.97. The van der Waals surface area contributed by atoms with Crippen LogP contribution in [-0.2, 0) is 11.3 Å². The van der Waals surface area contributed by atoms with E-state index in [-0.39, 0.29) is 5.56 Å². The van der Waals surface area contributed by atoms with E-state index in [1.165, 1.54) is 21.8 Å². The Morgan fingerprint density at radius 3 is 2.65 bits per heavy atom. The van der Waals surface area contributed by atoms with Gasteiger partial charge in [0.05, 0.1) is 34.5 Å². The van der Waals surface area contributed by atoms with Crippen LogP contribution >= 0.6 is 34.4 Å². The highest BCUT2D eigenvalue weighted by Crippen LogP contribution is 2.35. The van der Waals surface area contributed by atoms with Crippen LogP contribution in [0.25, 0.3) is 22.3 Å². The van der Waals surface area contributed by atoms with Crippen molar-refractivity contribution in [2.24, 2.45) is 0 Å². The number of hydrogen-bond donors (Lipinski definition) is 1. The molecule has 1 unspecified atom stereocenters. The largest absolute Gasteiger partial charge is 0.381 e. The summed E-state index contributed by atoms with van der Waals surface area (Å²) in [5.74, 6) is 1.99. The van der Waals surface area contributed by atoms with Gasteiger partial charge < -0.3 is 15.0 Å². The number of thiazole rings is 2. The zero-order valence-electron chi connectivity index (χ0n) is 24.2. The van der Waals surface area contributed by atoms with Crippen LogP contribution in [0.5, 0.6) is 0 Å². The molecule has 1 aromatic carbocycles. The highest BCUT2D eigenvalue weighted by molar-refractivity contribution is 7.99. The van der Waals surface area contributed by atoms with E-state index in [9.17, 15) is 4.79 Å². The number of aryl methyl sites for hydroxylation is 1. The van der Waals surface area contributed by atoms with Crippen LogP contribution < -0.4 is 10.9 Å². The quantitative estimate of drug-likeness (QED) is 0.229. The molecule has 2 aliphatic heterocycles. The minimum absolute atomic E-state index is 0.128. The zero-order valence-corrected chi connectivity index (χ0v) is 26.6. The van der Waals surface area contributed by atoms with Gasteiger partial charge in [-0.2, -0.15) is 16.7 Å². The molecule has 4 aromatic heterocycles. The van der Waals surface area contributed by atoms with E-state index in [0.29, 0.717) is 40.6 Å². The van der Waals surface area contributed by atoms with E-state index < -0.39 is 0 Å².